The van der Waals surface area contributed by atoms with Gasteiger partial charge in [0, 0.05) is 43.1 Å². The maximum atomic E-state index is 14.1. The summed E-state index contributed by atoms with van der Waals surface area (Å²) in [6.45, 7) is 2.78. The zero-order chi connectivity index (χ0) is 22.1. The number of aromatic nitrogens is 2. The SMILES string of the molecule is Cc1cnc(CC2CN(C(=O)Cc3nc(-c4ccc(F)cc4F)ccc3[N+](=O)[O-])C2)o1. The maximum Gasteiger partial charge on any atom is 0.291 e. The molecular formula is C21H18F2N4O4. The number of halogens is 2. The van der Waals surface area contributed by atoms with E-state index >= 15 is 0 Å². The molecule has 1 aromatic carbocycles. The van der Waals surface area contributed by atoms with Crippen molar-refractivity contribution in [2.24, 2.45) is 5.92 Å². The molecule has 10 heteroatoms. The van der Waals surface area contributed by atoms with E-state index in [1.54, 1.807) is 18.0 Å². The lowest BCUT2D eigenvalue weighted by Crippen LogP contribution is -2.51. The summed E-state index contributed by atoms with van der Waals surface area (Å²) < 4.78 is 32.7. The quantitative estimate of drug-likeness (QED) is 0.440. The van der Waals surface area contributed by atoms with Gasteiger partial charge in [-0.2, -0.15) is 0 Å². The molecule has 0 atom stereocenters. The number of rotatable bonds is 6. The fourth-order valence-electron chi connectivity index (χ4n) is 3.54. The second-order valence-electron chi connectivity index (χ2n) is 7.45. The van der Waals surface area contributed by atoms with Crippen LogP contribution in [0.2, 0.25) is 0 Å². The van der Waals surface area contributed by atoms with Crippen molar-refractivity contribution in [2.75, 3.05) is 13.1 Å². The number of nitrogens with zero attached hydrogens (tertiary/aromatic N) is 4. The zero-order valence-electron chi connectivity index (χ0n) is 16.5. The largest absolute Gasteiger partial charge is 0.446 e. The zero-order valence-corrected chi connectivity index (χ0v) is 16.5. The van der Waals surface area contributed by atoms with E-state index in [0.29, 0.717) is 31.5 Å². The van der Waals surface area contributed by atoms with E-state index in [1.165, 1.54) is 18.2 Å². The Balaban J connectivity index is 1.48. The Labute approximate surface area is 175 Å². The molecule has 1 aliphatic heterocycles. The van der Waals surface area contributed by atoms with E-state index < -0.39 is 16.6 Å². The molecule has 0 unspecified atom stereocenters. The van der Waals surface area contributed by atoms with Crippen LogP contribution in [0.3, 0.4) is 0 Å². The van der Waals surface area contributed by atoms with Crippen LogP contribution in [0, 0.1) is 34.6 Å². The third-order valence-corrected chi connectivity index (χ3v) is 5.11. The van der Waals surface area contributed by atoms with Gasteiger partial charge in [-0.25, -0.2) is 18.7 Å². The van der Waals surface area contributed by atoms with Gasteiger partial charge in [0.05, 0.1) is 23.2 Å². The highest BCUT2D eigenvalue weighted by Gasteiger charge is 2.33. The first-order valence-electron chi connectivity index (χ1n) is 9.59. The van der Waals surface area contributed by atoms with Crippen LogP contribution < -0.4 is 0 Å². The number of nitro groups is 1. The molecule has 0 N–H and O–H groups in total. The van der Waals surface area contributed by atoms with Crippen molar-refractivity contribution >= 4 is 11.6 Å². The number of aryl methyl sites for hydroxylation is 1. The van der Waals surface area contributed by atoms with Crippen molar-refractivity contribution in [2.45, 2.75) is 19.8 Å². The molecule has 1 amide bonds. The average Bonchev–Trinajstić information content (AvgIpc) is 3.09. The number of carbonyl (C=O) groups is 1. The van der Waals surface area contributed by atoms with Gasteiger partial charge in [-0.05, 0) is 25.1 Å². The van der Waals surface area contributed by atoms with Gasteiger partial charge < -0.3 is 9.32 Å². The fourth-order valence-corrected chi connectivity index (χ4v) is 3.54. The molecule has 0 bridgehead atoms. The molecule has 3 heterocycles. The summed E-state index contributed by atoms with van der Waals surface area (Å²) in [5.74, 6) is -0.368. The van der Waals surface area contributed by atoms with Gasteiger partial charge in [-0.3, -0.25) is 14.9 Å². The minimum atomic E-state index is -0.842. The lowest BCUT2D eigenvalue weighted by Gasteiger charge is -2.38. The van der Waals surface area contributed by atoms with Gasteiger partial charge in [-0.1, -0.05) is 0 Å². The van der Waals surface area contributed by atoms with Crippen LogP contribution >= 0.6 is 0 Å². The van der Waals surface area contributed by atoms with E-state index in [2.05, 4.69) is 9.97 Å². The second kappa shape index (κ2) is 8.21. The summed E-state index contributed by atoms with van der Waals surface area (Å²) in [7, 11) is 0. The van der Waals surface area contributed by atoms with E-state index in [-0.39, 0.29) is 40.9 Å². The summed E-state index contributed by atoms with van der Waals surface area (Å²) in [4.78, 5) is 33.2. The van der Waals surface area contributed by atoms with E-state index in [9.17, 15) is 23.7 Å². The lowest BCUT2D eigenvalue weighted by atomic mass is 9.95. The molecule has 1 aliphatic rings. The highest BCUT2D eigenvalue weighted by atomic mass is 19.1. The molecular weight excluding hydrogens is 410 g/mol. The first-order chi connectivity index (χ1) is 14.8. The van der Waals surface area contributed by atoms with Gasteiger partial charge in [-0.15, -0.1) is 0 Å². The van der Waals surface area contributed by atoms with Crippen LogP contribution in [0.5, 0.6) is 0 Å². The monoisotopic (exact) mass is 428 g/mol. The van der Waals surface area contributed by atoms with Gasteiger partial charge in [0.1, 0.15) is 23.1 Å². The van der Waals surface area contributed by atoms with Gasteiger partial charge >= 0.3 is 0 Å². The number of hydrogen-bond acceptors (Lipinski definition) is 6. The smallest absolute Gasteiger partial charge is 0.291 e. The Bertz CT molecular complexity index is 1160. The number of amides is 1. The predicted molar refractivity (Wildman–Crippen MR) is 105 cm³/mol. The van der Waals surface area contributed by atoms with Crippen molar-refractivity contribution in [3.05, 3.63) is 75.6 Å². The Morgan fingerprint density at radius 1 is 1.29 bits per heavy atom. The molecule has 0 radical (unpaired) electrons. The summed E-state index contributed by atoms with van der Waals surface area (Å²) in [6.07, 6.45) is 1.95. The summed E-state index contributed by atoms with van der Waals surface area (Å²) in [5.41, 5.74) is -0.308. The standard InChI is InChI=1S/C21H18F2N4O4/c1-12-9-24-20(31-12)6-13-10-26(11-13)21(28)8-18-19(27(29)30)5-4-17(25-18)15-3-2-14(22)7-16(15)23/h2-5,7,9,13H,6,8,10-11H2,1H3. The van der Waals surface area contributed by atoms with Gasteiger partial charge in [0.2, 0.25) is 5.91 Å². The Hall–Kier alpha value is -3.69. The normalized spacial score (nSPS) is 13.8. The van der Waals surface area contributed by atoms with E-state index in [0.717, 1.165) is 11.8 Å². The summed E-state index contributed by atoms with van der Waals surface area (Å²) in [5, 5.41) is 11.4. The molecule has 2 aromatic heterocycles. The first-order valence-corrected chi connectivity index (χ1v) is 9.59. The number of carbonyl (C=O) groups excluding carboxylic acids is 1. The average molecular weight is 428 g/mol. The van der Waals surface area contributed by atoms with Crippen LogP contribution in [0.25, 0.3) is 11.3 Å². The molecule has 0 aliphatic carbocycles. The van der Waals surface area contributed by atoms with Crippen LogP contribution in [-0.2, 0) is 17.6 Å². The van der Waals surface area contributed by atoms with Crippen molar-refractivity contribution in [3.8, 4) is 11.3 Å². The van der Waals surface area contributed by atoms with Crippen LogP contribution in [0.1, 0.15) is 17.3 Å². The topological polar surface area (TPSA) is 102 Å². The van der Waals surface area contributed by atoms with Crippen LogP contribution in [0.15, 0.2) is 40.9 Å². The lowest BCUT2D eigenvalue weighted by molar-refractivity contribution is -0.385. The molecule has 31 heavy (non-hydrogen) atoms. The molecule has 4 rings (SSSR count). The molecule has 160 valence electrons. The van der Waals surface area contributed by atoms with Crippen molar-refractivity contribution in [1.29, 1.82) is 0 Å². The number of likely N-dealkylation sites (tertiary alicyclic amines) is 1. The van der Waals surface area contributed by atoms with Crippen LogP contribution in [0.4, 0.5) is 14.5 Å². The highest BCUT2D eigenvalue weighted by molar-refractivity contribution is 5.80. The molecule has 3 aromatic rings. The van der Waals surface area contributed by atoms with Crippen molar-refractivity contribution < 1.29 is 22.9 Å². The Morgan fingerprint density at radius 2 is 2.06 bits per heavy atom. The highest BCUT2D eigenvalue weighted by Crippen LogP contribution is 2.27. The first kappa shape index (κ1) is 20.6. The van der Waals surface area contributed by atoms with E-state index in [1.807, 2.05) is 0 Å². The van der Waals surface area contributed by atoms with Crippen molar-refractivity contribution in [3.63, 3.8) is 0 Å². The minimum absolute atomic E-state index is 0.00440. The molecule has 1 saturated heterocycles. The summed E-state index contributed by atoms with van der Waals surface area (Å²) in [6, 6.07) is 5.44. The minimum Gasteiger partial charge on any atom is -0.446 e. The molecule has 1 fully saturated rings. The molecule has 0 spiro atoms. The summed E-state index contributed by atoms with van der Waals surface area (Å²) >= 11 is 0. The Kier molecular flexibility index (Phi) is 5.45. The van der Waals surface area contributed by atoms with Crippen LogP contribution in [-0.4, -0.2) is 38.8 Å². The van der Waals surface area contributed by atoms with Gasteiger partial charge in [0.25, 0.3) is 5.69 Å². The van der Waals surface area contributed by atoms with E-state index in [4.69, 9.17) is 4.42 Å². The maximum absolute atomic E-state index is 14.1. The Morgan fingerprint density at radius 3 is 2.71 bits per heavy atom. The third-order valence-electron chi connectivity index (χ3n) is 5.11. The molecule has 8 nitrogen and oxygen atoms in total. The molecule has 0 saturated carbocycles. The van der Waals surface area contributed by atoms with Gasteiger partial charge in [0.15, 0.2) is 5.89 Å². The van der Waals surface area contributed by atoms with Crippen molar-refractivity contribution in [1.82, 2.24) is 14.9 Å². The number of benzene rings is 1. The fraction of sp³-hybridized carbons (Fsp3) is 0.286. The second-order valence-corrected chi connectivity index (χ2v) is 7.45. The number of oxazole rings is 1. The third kappa shape index (κ3) is 4.42. The predicted octanol–water partition coefficient (Wildman–Crippen LogP) is 3.48. The number of pyridine rings is 1. The number of hydrogen-bond donors (Lipinski definition) is 0.